The first-order chi connectivity index (χ1) is 10.5. The van der Waals surface area contributed by atoms with Crippen molar-refractivity contribution in [2.75, 3.05) is 0 Å². The van der Waals surface area contributed by atoms with Crippen LogP contribution >= 0.6 is 0 Å². The fourth-order valence-corrected chi connectivity index (χ4v) is 7.41. The van der Waals surface area contributed by atoms with Gasteiger partial charge in [-0.2, -0.15) is 0 Å². The molecule has 3 rings (SSSR count). The molecule has 0 heteroatoms. The number of rotatable bonds is 4. The van der Waals surface area contributed by atoms with Gasteiger partial charge in [0.05, 0.1) is 0 Å². The molecule has 0 heterocycles. The minimum absolute atomic E-state index is 0.659. The molecule has 22 heavy (non-hydrogen) atoms. The summed E-state index contributed by atoms with van der Waals surface area (Å²) in [5.41, 5.74) is 1.37. The Bertz CT molecular complexity index is 372. The smallest absolute Gasteiger partial charge is 0.0267 e. The molecule has 3 aliphatic carbocycles. The van der Waals surface area contributed by atoms with Gasteiger partial charge >= 0.3 is 0 Å². The summed E-state index contributed by atoms with van der Waals surface area (Å²) in [7, 11) is 0. The third-order valence-electron chi connectivity index (χ3n) is 8.61. The van der Waals surface area contributed by atoms with Crippen molar-refractivity contribution in [3.63, 3.8) is 0 Å². The number of hydrogen-bond acceptors (Lipinski definition) is 0. The van der Waals surface area contributed by atoms with Gasteiger partial charge in [0.25, 0.3) is 0 Å². The molecule has 0 N–H and O–H groups in total. The molecular weight excluding hydrogens is 264 g/mol. The van der Waals surface area contributed by atoms with Crippen molar-refractivity contribution < 1.29 is 0 Å². The van der Waals surface area contributed by atoms with Crippen LogP contribution in [0.5, 0.6) is 0 Å². The van der Waals surface area contributed by atoms with Crippen molar-refractivity contribution in [2.24, 2.45) is 34.5 Å². The van der Waals surface area contributed by atoms with E-state index in [9.17, 15) is 0 Å². The summed E-state index contributed by atoms with van der Waals surface area (Å²) >= 11 is 0. The van der Waals surface area contributed by atoms with E-state index in [0.717, 1.165) is 23.7 Å². The maximum absolute atomic E-state index is 2.68. The molecular formula is C22H40. The fraction of sp³-hybridized carbons (Fsp3) is 1.00. The Hall–Kier alpha value is 0. The summed E-state index contributed by atoms with van der Waals surface area (Å²) in [6.45, 7) is 10.2. The van der Waals surface area contributed by atoms with E-state index in [1.165, 1.54) is 51.4 Å². The summed E-state index contributed by atoms with van der Waals surface area (Å²) in [4.78, 5) is 0. The average Bonchev–Trinajstić information content (AvgIpc) is 2.82. The first-order valence-corrected chi connectivity index (χ1v) is 10.5. The standard InChI is InChI=1S/C22H40/c1-5-14-22(4)18(6-2)12-13-20(22)17-10-11-19-9-7-8-15-21(19,3)16-17/h17-20H,5-16H2,1-4H3. The lowest BCUT2D eigenvalue weighted by molar-refractivity contribution is -0.0149. The van der Waals surface area contributed by atoms with Crippen LogP contribution in [0.25, 0.3) is 0 Å². The summed E-state index contributed by atoms with van der Waals surface area (Å²) in [6.07, 6.45) is 18.1. The van der Waals surface area contributed by atoms with E-state index in [4.69, 9.17) is 0 Å². The topological polar surface area (TPSA) is 0 Å². The van der Waals surface area contributed by atoms with Crippen molar-refractivity contribution in [2.45, 2.75) is 105 Å². The molecule has 3 fully saturated rings. The SMILES string of the molecule is CCCC1(C)C(CC)CCC1C1CCC2CCCCC2(C)C1. The molecule has 0 aliphatic heterocycles. The monoisotopic (exact) mass is 304 g/mol. The van der Waals surface area contributed by atoms with Gasteiger partial charge in [0, 0.05) is 0 Å². The van der Waals surface area contributed by atoms with Crippen LogP contribution in [0.3, 0.4) is 0 Å². The first kappa shape index (κ1) is 16.8. The zero-order chi connectivity index (χ0) is 15.8. The maximum Gasteiger partial charge on any atom is -0.0267 e. The molecule has 0 aromatic rings. The van der Waals surface area contributed by atoms with Crippen LogP contribution in [0.15, 0.2) is 0 Å². The average molecular weight is 305 g/mol. The molecule has 6 unspecified atom stereocenters. The minimum atomic E-state index is 0.659. The van der Waals surface area contributed by atoms with Crippen LogP contribution in [0.4, 0.5) is 0 Å². The molecule has 0 nitrogen and oxygen atoms in total. The second kappa shape index (κ2) is 6.48. The van der Waals surface area contributed by atoms with E-state index in [0.29, 0.717) is 10.8 Å². The van der Waals surface area contributed by atoms with Gasteiger partial charge in [0.15, 0.2) is 0 Å². The van der Waals surface area contributed by atoms with Crippen LogP contribution < -0.4 is 0 Å². The summed E-state index contributed by atoms with van der Waals surface area (Å²) in [5, 5.41) is 0. The van der Waals surface area contributed by atoms with Crippen LogP contribution in [0, 0.1) is 34.5 Å². The largest absolute Gasteiger partial charge is 0.0654 e. The lowest BCUT2D eigenvalue weighted by Gasteiger charge is -2.52. The van der Waals surface area contributed by atoms with E-state index in [1.54, 1.807) is 25.7 Å². The highest BCUT2D eigenvalue weighted by Crippen LogP contribution is 2.61. The normalized spacial score (nSPS) is 49.1. The molecule has 128 valence electrons. The molecule has 0 saturated heterocycles. The van der Waals surface area contributed by atoms with Crippen molar-refractivity contribution in [1.82, 2.24) is 0 Å². The molecule has 0 aromatic heterocycles. The lowest BCUT2D eigenvalue weighted by Crippen LogP contribution is -2.42. The predicted molar refractivity (Wildman–Crippen MR) is 96.9 cm³/mol. The number of hydrogen-bond donors (Lipinski definition) is 0. The van der Waals surface area contributed by atoms with E-state index < -0.39 is 0 Å². The highest BCUT2D eigenvalue weighted by Gasteiger charge is 2.51. The van der Waals surface area contributed by atoms with Crippen LogP contribution in [-0.4, -0.2) is 0 Å². The Kier molecular flexibility index (Phi) is 4.96. The van der Waals surface area contributed by atoms with Crippen LogP contribution in [0.1, 0.15) is 105 Å². The summed E-state index contributed by atoms with van der Waals surface area (Å²) in [6, 6.07) is 0. The summed E-state index contributed by atoms with van der Waals surface area (Å²) < 4.78 is 0. The Morgan fingerprint density at radius 1 is 0.909 bits per heavy atom. The molecule has 0 bridgehead atoms. The van der Waals surface area contributed by atoms with Crippen molar-refractivity contribution in [3.8, 4) is 0 Å². The highest BCUT2D eigenvalue weighted by molar-refractivity contribution is 5.01. The molecule has 0 amide bonds. The Morgan fingerprint density at radius 2 is 1.73 bits per heavy atom. The Labute approximate surface area is 139 Å². The second-order valence-electron chi connectivity index (χ2n) is 9.68. The van der Waals surface area contributed by atoms with E-state index >= 15 is 0 Å². The Morgan fingerprint density at radius 3 is 2.45 bits per heavy atom. The highest BCUT2D eigenvalue weighted by atomic mass is 14.6. The zero-order valence-electron chi connectivity index (χ0n) is 15.8. The third-order valence-corrected chi connectivity index (χ3v) is 8.61. The Balaban J connectivity index is 1.76. The zero-order valence-corrected chi connectivity index (χ0v) is 15.8. The molecule has 0 radical (unpaired) electrons. The van der Waals surface area contributed by atoms with Crippen LogP contribution in [-0.2, 0) is 0 Å². The van der Waals surface area contributed by atoms with Gasteiger partial charge in [-0.1, -0.05) is 53.4 Å². The van der Waals surface area contributed by atoms with Gasteiger partial charge in [0.2, 0.25) is 0 Å². The van der Waals surface area contributed by atoms with E-state index in [1.807, 2.05) is 0 Å². The van der Waals surface area contributed by atoms with Gasteiger partial charge in [-0.25, -0.2) is 0 Å². The predicted octanol–water partition coefficient (Wildman–Crippen LogP) is 7.23. The molecule has 0 spiro atoms. The molecule has 3 aliphatic rings. The quantitative estimate of drug-likeness (QED) is 0.514. The number of fused-ring (bicyclic) bond motifs is 1. The molecule has 6 atom stereocenters. The minimum Gasteiger partial charge on any atom is -0.0654 e. The first-order valence-electron chi connectivity index (χ1n) is 10.5. The van der Waals surface area contributed by atoms with Gasteiger partial charge < -0.3 is 0 Å². The van der Waals surface area contributed by atoms with Gasteiger partial charge in [0.1, 0.15) is 0 Å². The van der Waals surface area contributed by atoms with Crippen molar-refractivity contribution in [1.29, 1.82) is 0 Å². The third kappa shape index (κ3) is 2.78. The van der Waals surface area contributed by atoms with Gasteiger partial charge in [-0.15, -0.1) is 0 Å². The molecule has 0 aromatic carbocycles. The van der Waals surface area contributed by atoms with Crippen molar-refractivity contribution in [3.05, 3.63) is 0 Å². The van der Waals surface area contributed by atoms with Crippen molar-refractivity contribution >= 4 is 0 Å². The van der Waals surface area contributed by atoms with E-state index in [2.05, 4.69) is 27.7 Å². The van der Waals surface area contributed by atoms with Crippen LogP contribution in [0.2, 0.25) is 0 Å². The second-order valence-corrected chi connectivity index (χ2v) is 9.68. The molecule has 3 saturated carbocycles. The van der Waals surface area contributed by atoms with Gasteiger partial charge in [-0.3, -0.25) is 0 Å². The summed E-state index contributed by atoms with van der Waals surface area (Å²) in [5.74, 6) is 4.16. The van der Waals surface area contributed by atoms with Gasteiger partial charge in [-0.05, 0) is 85.9 Å². The maximum atomic E-state index is 2.68. The van der Waals surface area contributed by atoms with E-state index in [-0.39, 0.29) is 0 Å². The lowest BCUT2D eigenvalue weighted by atomic mass is 9.53. The fourth-order valence-electron chi connectivity index (χ4n) is 7.41.